The quantitative estimate of drug-likeness (QED) is 0.558. The van der Waals surface area contributed by atoms with E-state index in [2.05, 4.69) is 10.6 Å². The third kappa shape index (κ3) is 4.15. The van der Waals surface area contributed by atoms with Crippen LogP contribution in [0.2, 0.25) is 0 Å². The van der Waals surface area contributed by atoms with Crippen molar-refractivity contribution in [1.29, 1.82) is 0 Å². The van der Waals surface area contributed by atoms with Gasteiger partial charge in [-0.3, -0.25) is 24.1 Å². The van der Waals surface area contributed by atoms with Crippen molar-refractivity contribution >= 4 is 29.3 Å². The number of likely N-dealkylation sites (tertiary alicyclic amines) is 1. The number of allylic oxidation sites excluding steroid dienone is 2. The number of rotatable bonds is 6. The lowest BCUT2D eigenvalue weighted by atomic mass is 9.85. The lowest BCUT2D eigenvalue weighted by Gasteiger charge is -2.16. The van der Waals surface area contributed by atoms with E-state index >= 15 is 0 Å². The normalized spacial score (nSPS) is 23.5. The van der Waals surface area contributed by atoms with Crippen molar-refractivity contribution in [3.8, 4) is 0 Å². The summed E-state index contributed by atoms with van der Waals surface area (Å²) in [6, 6.07) is 7.08. The molecule has 7 nitrogen and oxygen atoms in total. The Labute approximate surface area is 175 Å². The Kier molecular flexibility index (Phi) is 5.97. The number of fused-ring (bicyclic) bond motifs is 1. The van der Waals surface area contributed by atoms with Gasteiger partial charge < -0.3 is 10.6 Å². The average Bonchev–Trinajstić information content (AvgIpc) is 3.34. The van der Waals surface area contributed by atoms with Gasteiger partial charge in [0.15, 0.2) is 0 Å². The summed E-state index contributed by atoms with van der Waals surface area (Å²) in [5.74, 6) is -1.46. The van der Waals surface area contributed by atoms with Crippen LogP contribution in [0.25, 0.3) is 0 Å². The largest absolute Gasteiger partial charge is 0.349 e. The number of carbonyl (C=O) groups excluding carboxylic acids is 4. The number of nitrogens with one attached hydrogen (secondary N) is 2. The van der Waals surface area contributed by atoms with Gasteiger partial charge in [0.1, 0.15) is 0 Å². The molecule has 1 saturated heterocycles. The first kappa shape index (κ1) is 20.3. The molecule has 0 unspecified atom stereocenters. The van der Waals surface area contributed by atoms with Crippen molar-refractivity contribution in [1.82, 2.24) is 10.2 Å². The first-order chi connectivity index (χ1) is 14.5. The van der Waals surface area contributed by atoms with Crippen LogP contribution in [-0.2, 0) is 14.4 Å². The highest BCUT2D eigenvalue weighted by Crippen LogP contribution is 2.35. The zero-order valence-corrected chi connectivity index (χ0v) is 16.9. The molecular weight excluding hydrogens is 382 g/mol. The van der Waals surface area contributed by atoms with Crippen molar-refractivity contribution in [2.45, 2.75) is 51.0 Å². The molecule has 2 N–H and O–H groups in total. The predicted octanol–water partition coefficient (Wildman–Crippen LogP) is 2.64. The highest BCUT2D eigenvalue weighted by atomic mass is 16.2. The van der Waals surface area contributed by atoms with Crippen LogP contribution in [0.5, 0.6) is 0 Å². The summed E-state index contributed by atoms with van der Waals surface area (Å²) in [5, 5.41) is 5.80. The molecule has 0 radical (unpaired) electrons. The van der Waals surface area contributed by atoms with E-state index in [-0.39, 0.29) is 54.5 Å². The van der Waals surface area contributed by atoms with Crippen LogP contribution in [0.1, 0.15) is 55.3 Å². The monoisotopic (exact) mass is 409 g/mol. The number of benzene rings is 1. The average molecular weight is 409 g/mol. The fraction of sp³-hybridized carbons (Fsp3) is 0.478. The number of amides is 4. The van der Waals surface area contributed by atoms with Crippen LogP contribution in [0.3, 0.4) is 0 Å². The molecule has 7 heteroatoms. The smallest absolute Gasteiger partial charge is 0.253 e. The maximum Gasteiger partial charge on any atom is 0.253 e. The number of hydrogen-bond donors (Lipinski definition) is 2. The summed E-state index contributed by atoms with van der Waals surface area (Å²) < 4.78 is 0. The Bertz CT molecular complexity index is 862. The molecule has 1 heterocycles. The Balaban J connectivity index is 1.35. The van der Waals surface area contributed by atoms with E-state index in [0.29, 0.717) is 24.1 Å². The van der Waals surface area contributed by atoms with E-state index in [1.807, 2.05) is 12.2 Å². The first-order valence-electron chi connectivity index (χ1n) is 10.7. The second kappa shape index (κ2) is 8.81. The van der Waals surface area contributed by atoms with Gasteiger partial charge in [0, 0.05) is 19.0 Å². The minimum Gasteiger partial charge on any atom is -0.349 e. The van der Waals surface area contributed by atoms with E-state index in [4.69, 9.17) is 0 Å². The van der Waals surface area contributed by atoms with Gasteiger partial charge >= 0.3 is 0 Å². The Morgan fingerprint density at radius 3 is 2.27 bits per heavy atom. The molecule has 3 aliphatic rings. The summed E-state index contributed by atoms with van der Waals surface area (Å²) in [5.41, 5.74) is 0.859. The second-order valence-corrected chi connectivity index (χ2v) is 8.28. The zero-order valence-electron chi connectivity index (χ0n) is 16.9. The van der Waals surface area contributed by atoms with Gasteiger partial charge in [-0.05, 0) is 37.8 Å². The van der Waals surface area contributed by atoms with Crippen LogP contribution >= 0.6 is 0 Å². The van der Waals surface area contributed by atoms with Crippen LogP contribution < -0.4 is 10.6 Å². The summed E-state index contributed by atoms with van der Waals surface area (Å²) in [7, 11) is 0. The van der Waals surface area contributed by atoms with Crippen molar-refractivity contribution in [3.05, 3.63) is 42.0 Å². The summed E-state index contributed by atoms with van der Waals surface area (Å²) in [6.45, 7) is 0.0624. The van der Waals surface area contributed by atoms with Crippen molar-refractivity contribution in [2.24, 2.45) is 11.8 Å². The minimum absolute atomic E-state index is 0.00290. The zero-order chi connectivity index (χ0) is 21.1. The predicted molar refractivity (Wildman–Crippen MR) is 111 cm³/mol. The molecule has 4 rings (SSSR count). The van der Waals surface area contributed by atoms with Crippen LogP contribution in [0.15, 0.2) is 36.4 Å². The molecule has 1 saturated carbocycles. The molecule has 1 aromatic carbocycles. The molecule has 2 fully saturated rings. The van der Waals surface area contributed by atoms with E-state index in [1.165, 1.54) is 4.90 Å². The minimum atomic E-state index is -0.329. The van der Waals surface area contributed by atoms with Gasteiger partial charge in [-0.15, -0.1) is 0 Å². The van der Waals surface area contributed by atoms with Crippen LogP contribution in [-0.4, -0.2) is 41.1 Å². The van der Waals surface area contributed by atoms with Gasteiger partial charge in [0.2, 0.25) is 17.7 Å². The number of carbonyl (C=O) groups is 4. The fourth-order valence-electron chi connectivity index (χ4n) is 4.64. The van der Waals surface area contributed by atoms with Gasteiger partial charge in [0.05, 0.1) is 23.1 Å². The Hall–Kier alpha value is -2.96. The number of para-hydroxylation sites is 1. The molecule has 2 atom stereocenters. The van der Waals surface area contributed by atoms with Gasteiger partial charge in [-0.25, -0.2) is 0 Å². The highest BCUT2D eigenvalue weighted by Gasteiger charge is 2.46. The first-order valence-corrected chi connectivity index (χ1v) is 10.7. The van der Waals surface area contributed by atoms with Gasteiger partial charge in [0.25, 0.3) is 5.91 Å². The van der Waals surface area contributed by atoms with Gasteiger partial charge in [-0.1, -0.05) is 37.1 Å². The van der Waals surface area contributed by atoms with Crippen molar-refractivity contribution in [2.75, 3.05) is 11.9 Å². The molecular formula is C23H27N3O4. The highest BCUT2D eigenvalue weighted by molar-refractivity contribution is 6.06. The Morgan fingerprint density at radius 1 is 0.967 bits per heavy atom. The summed E-state index contributed by atoms with van der Waals surface area (Å²) in [4.78, 5) is 51.4. The van der Waals surface area contributed by atoms with E-state index in [0.717, 1.165) is 25.7 Å². The second-order valence-electron chi connectivity index (χ2n) is 8.28. The summed E-state index contributed by atoms with van der Waals surface area (Å²) >= 11 is 0. The number of imide groups is 1. The maximum absolute atomic E-state index is 12.6. The maximum atomic E-state index is 12.6. The van der Waals surface area contributed by atoms with E-state index in [1.54, 1.807) is 24.3 Å². The third-order valence-corrected chi connectivity index (χ3v) is 6.30. The van der Waals surface area contributed by atoms with E-state index < -0.39 is 0 Å². The molecule has 2 aliphatic carbocycles. The van der Waals surface area contributed by atoms with Gasteiger partial charge in [-0.2, -0.15) is 0 Å². The molecule has 0 spiro atoms. The summed E-state index contributed by atoms with van der Waals surface area (Å²) in [6.07, 6.45) is 9.26. The van der Waals surface area contributed by atoms with E-state index in [9.17, 15) is 19.2 Å². The molecule has 0 aromatic heterocycles. The van der Waals surface area contributed by atoms with Crippen molar-refractivity contribution < 1.29 is 19.2 Å². The lowest BCUT2D eigenvalue weighted by molar-refractivity contribution is -0.140. The topological polar surface area (TPSA) is 95.6 Å². The fourth-order valence-corrected chi connectivity index (χ4v) is 4.64. The molecule has 0 bridgehead atoms. The third-order valence-electron chi connectivity index (χ3n) is 6.30. The Morgan fingerprint density at radius 2 is 1.60 bits per heavy atom. The molecule has 4 amide bonds. The number of nitrogens with zero attached hydrogens (tertiary/aromatic N) is 1. The molecule has 1 aliphatic heterocycles. The van der Waals surface area contributed by atoms with Crippen LogP contribution in [0, 0.1) is 11.8 Å². The number of anilines is 1. The molecule has 1 aromatic rings. The van der Waals surface area contributed by atoms with Crippen LogP contribution in [0.4, 0.5) is 5.69 Å². The molecule has 158 valence electrons. The standard InChI is InChI=1S/C23H27N3O4/c27-20(13-14-26-22(29)16-9-3-4-10-17(16)23(26)30)25-19-12-6-5-11-18(19)21(28)24-15-7-1-2-8-15/h3-6,11-12,15-17H,1-2,7-10,13-14H2,(H,24,28)(H,25,27)/t16-,17-/m1/s1. The lowest BCUT2D eigenvalue weighted by Crippen LogP contribution is -2.35. The molecule has 30 heavy (non-hydrogen) atoms. The van der Waals surface area contributed by atoms with Crippen molar-refractivity contribution in [3.63, 3.8) is 0 Å². The number of hydrogen-bond acceptors (Lipinski definition) is 4. The SMILES string of the molecule is O=C(CCN1C(=O)[C@@H]2CC=CC[C@H]2C1=O)Nc1ccccc1C(=O)NC1CCCC1.